The van der Waals surface area contributed by atoms with Crippen molar-refractivity contribution in [1.29, 1.82) is 0 Å². The largest absolute Gasteiger partial charge is 0.459 e. The summed E-state index contributed by atoms with van der Waals surface area (Å²) in [5, 5.41) is 8.17. The van der Waals surface area contributed by atoms with E-state index in [0.717, 1.165) is 26.2 Å². The second-order valence-electron chi connectivity index (χ2n) is 6.08. The van der Waals surface area contributed by atoms with Crippen molar-refractivity contribution in [3.63, 3.8) is 0 Å². The molecule has 0 spiro atoms. The normalized spacial score (nSPS) is 15.8. The topological polar surface area (TPSA) is 58.5 Å². The summed E-state index contributed by atoms with van der Waals surface area (Å²) in [7, 11) is 0. The number of rotatable bonds is 4. The maximum Gasteiger partial charge on any atom is 0.283 e. The molecule has 1 aliphatic rings. The highest BCUT2D eigenvalue weighted by Crippen LogP contribution is 2.20. The Labute approximate surface area is 140 Å². The van der Waals surface area contributed by atoms with E-state index in [1.54, 1.807) is 6.26 Å². The van der Waals surface area contributed by atoms with Gasteiger partial charge in [-0.3, -0.25) is 4.90 Å². The summed E-state index contributed by atoms with van der Waals surface area (Å²) in [6, 6.07) is 12.3. The molecule has 1 saturated heterocycles. The summed E-state index contributed by atoms with van der Waals surface area (Å²) in [6.07, 6.45) is 1.60. The monoisotopic (exact) mass is 324 g/mol. The summed E-state index contributed by atoms with van der Waals surface area (Å²) in [5.41, 5.74) is 2.60. The van der Waals surface area contributed by atoms with Crippen LogP contribution in [0.25, 0.3) is 11.7 Å². The van der Waals surface area contributed by atoms with Gasteiger partial charge in [0, 0.05) is 31.9 Å². The van der Waals surface area contributed by atoms with Gasteiger partial charge in [-0.2, -0.15) is 0 Å². The Balaban J connectivity index is 1.35. The van der Waals surface area contributed by atoms with Crippen molar-refractivity contribution in [1.82, 2.24) is 15.1 Å². The predicted molar refractivity (Wildman–Crippen MR) is 90.7 cm³/mol. The molecule has 0 unspecified atom stereocenters. The third kappa shape index (κ3) is 3.19. The minimum Gasteiger partial charge on any atom is -0.459 e. The smallest absolute Gasteiger partial charge is 0.283 e. The van der Waals surface area contributed by atoms with Crippen LogP contribution in [-0.4, -0.2) is 41.3 Å². The highest BCUT2D eigenvalue weighted by atomic mass is 16.4. The molecule has 4 rings (SSSR count). The van der Waals surface area contributed by atoms with Crippen LogP contribution in [0.1, 0.15) is 11.5 Å². The van der Waals surface area contributed by atoms with Crippen molar-refractivity contribution in [2.75, 3.05) is 31.1 Å². The molecule has 2 aromatic heterocycles. The minimum absolute atomic E-state index is 0.438. The van der Waals surface area contributed by atoms with Crippen molar-refractivity contribution in [2.24, 2.45) is 0 Å². The fourth-order valence-electron chi connectivity index (χ4n) is 3.00. The van der Waals surface area contributed by atoms with Crippen molar-refractivity contribution in [2.45, 2.75) is 13.5 Å². The number of aryl methyl sites for hydroxylation is 1. The number of furan rings is 1. The molecule has 1 fully saturated rings. The lowest BCUT2D eigenvalue weighted by Crippen LogP contribution is -2.46. The molecule has 0 N–H and O–H groups in total. The molecular weight excluding hydrogens is 304 g/mol. The second-order valence-corrected chi connectivity index (χ2v) is 6.08. The first-order valence-electron chi connectivity index (χ1n) is 8.18. The quantitative estimate of drug-likeness (QED) is 0.735. The molecule has 6 nitrogen and oxygen atoms in total. The molecule has 124 valence electrons. The van der Waals surface area contributed by atoms with Crippen molar-refractivity contribution in [3.05, 3.63) is 54.1 Å². The first kappa shape index (κ1) is 15.0. The van der Waals surface area contributed by atoms with E-state index in [0.29, 0.717) is 24.1 Å². The van der Waals surface area contributed by atoms with Gasteiger partial charge in [0.25, 0.3) is 5.89 Å². The van der Waals surface area contributed by atoms with Crippen LogP contribution in [0.5, 0.6) is 0 Å². The van der Waals surface area contributed by atoms with Crippen molar-refractivity contribution >= 4 is 5.69 Å². The Morgan fingerprint density at radius 3 is 2.67 bits per heavy atom. The number of anilines is 1. The third-order valence-corrected chi connectivity index (χ3v) is 4.30. The van der Waals surface area contributed by atoms with Gasteiger partial charge >= 0.3 is 0 Å². The molecule has 0 atom stereocenters. The first-order valence-corrected chi connectivity index (χ1v) is 8.18. The van der Waals surface area contributed by atoms with Crippen LogP contribution in [0.15, 0.2) is 51.5 Å². The molecule has 1 aliphatic heterocycles. The average Bonchev–Trinajstić information content (AvgIpc) is 3.27. The lowest BCUT2D eigenvalue weighted by atomic mass is 10.2. The summed E-state index contributed by atoms with van der Waals surface area (Å²) in [6.45, 7) is 6.77. The number of nitrogens with zero attached hydrogens (tertiary/aromatic N) is 4. The molecule has 6 heteroatoms. The van der Waals surface area contributed by atoms with E-state index in [-0.39, 0.29) is 0 Å². The van der Waals surface area contributed by atoms with E-state index in [1.807, 2.05) is 12.1 Å². The lowest BCUT2D eigenvalue weighted by molar-refractivity contribution is 0.226. The zero-order chi connectivity index (χ0) is 16.4. The molecule has 1 aromatic carbocycles. The van der Waals surface area contributed by atoms with Gasteiger partial charge < -0.3 is 13.7 Å². The fourth-order valence-corrected chi connectivity index (χ4v) is 3.00. The maximum absolute atomic E-state index is 5.69. The standard InChI is InChI=1S/C18H20N4O2/c1-14-4-2-5-15(12-14)22-9-7-21(8-10-22)13-17-19-20-18(24-17)16-6-3-11-23-16/h2-6,11-12H,7-10,13H2,1H3. The van der Waals surface area contributed by atoms with Crippen LogP contribution in [-0.2, 0) is 6.54 Å². The van der Waals surface area contributed by atoms with Crippen molar-refractivity contribution in [3.8, 4) is 11.7 Å². The minimum atomic E-state index is 0.438. The number of aromatic nitrogens is 2. The average molecular weight is 324 g/mol. The number of hydrogen-bond donors (Lipinski definition) is 0. The molecule has 0 aliphatic carbocycles. The molecule has 0 saturated carbocycles. The number of benzene rings is 1. The summed E-state index contributed by atoms with van der Waals surface area (Å²) >= 11 is 0. The molecular formula is C18H20N4O2. The predicted octanol–water partition coefficient (Wildman–Crippen LogP) is 2.96. The van der Waals surface area contributed by atoms with Gasteiger partial charge in [-0.15, -0.1) is 10.2 Å². The van der Waals surface area contributed by atoms with E-state index in [9.17, 15) is 0 Å². The summed E-state index contributed by atoms with van der Waals surface area (Å²) in [5.74, 6) is 1.68. The molecule has 0 bridgehead atoms. The number of hydrogen-bond acceptors (Lipinski definition) is 6. The van der Waals surface area contributed by atoms with Crippen molar-refractivity contribution < 1.29 is 8.83 Å². The van der Waals surface area contributed by atoms with Crippen LogP contribution < -0.4 is 4.90 Å². The summed E-state index contributed by atoms with van der Waals surface area (Å²) in [4.78, 5) is 4.76. The lowest BCUT2D eigenvalue weighted by Gasteiger charge is -2.35. The van der Waals surface area contributed by atoms with E-state index in [4.69, 9.17) is 8.83 Å². The second kappa shape index (κ2) is 6.49. The van der Waals surface area contributed by atoms with Gasteiger partial charge in [-0.05, 0) is 36.8 Å². The maximum atomic E-state index is 5.69. The highest BCUT2D eigenvalue weighted by molar-refractivity contribution is 5.48. The Bertz CT molecular complexity index is 789. The van der Waals surface area contributed by atoms with Crippen LogP contribution in [0.2, 0.25) is 0 Å². The zero-order valence-corrected chi connectivity index (χ0v) is 13.7. The van der Waals surface area contributed by atoms with Gasteiger partial charge in [-0.25, -0.2) is 0 Å². The van der Waals surface area contributed by atoms with E-state index < -0.39 is 0 Å². The Morgan fingerprint density at radius 2 is 1.92 bits per heavy atom. The third-order valence-electron chi connectivity index (χ3n) is 4.30. The van der Waals surface area contributed by atoms with Gasteiger partial charge in [0.05, 0.1) is 12.8 Å². The van der Waals surface area contributed by atoms with Crippen LogP contribution >= 0.6 is 0 Å². The highest BCUT2D eigenvalue weighted by Gasteiger charge is 2.20. The first-order chi connectivity index (χ1) is 11.8. The van der Waals surface area contributed by atoms with Crippen LogP contribution in [0.4, 0.5) is 5.69 Å². The Kier molecular flexibility index (Phi) is 4.04. The van der Waals surface area contributed by atoms with Crippen LogP contribution in [0.3, 0.4) is 0 Å². The molecule has 0 radical (unpaired) electrons. The van der Waals surface area contributed by atoms with Gasteiger partial charge in [0.1, 0.15) is 0 Å². The van der Waals surface area contributed by atoms with Gasteiger partial charge in [-0.1, -0.05) is 12.1 Å². The zero-order valence-electron chi connectivity index (χ0n) is 13.7. The number of piperazine rings is 1. The Hall–Kier alpha value is -2.60. The van der Waals surface area contributed by atoms with Gasteiger partial charge in [0.2, 0.25) is 5.89 Å². The molecule has 24 heavy (non-hydrogen) atoms. The van der Waals surface area contributed by atoms with E-state index in [1.165, 1.54) is 11.3 Å². The van der Waals surface area contributed by atoms with Crippen LogP contribution in [0, 0.1) is 6.92 Å². The van der Waals surface area contributed by atoms with E-state index >= 15 is 0 Å². The Morgan fingerprint density at radius 1 is 1.04 bits per heavy atom. The summed E-state index contributed by atoms with van der Waals surface area (Å²) < 4.78 is 11.0. The fraction of sp³-hybridized carbons (Fsp3) is 0.333. The SMILES string of the molecule is Cc1cccc(N2CCN(Cc3nnc(-c4ccco4)o3)CC2)c1. The molecule has 3 aromatic rings. The molecule has 3 heterocycles. The van der Waals surface area contributed by atoms with E-state index in [2.05, 4.69) is 51.2 Å². The molecule has 0 amide bonds. The van der Waals surface area contributed by atoms with Gasteiger partial charge in [0.15, 0.2) is 5.76 Å².